The fourth-order valence-corrected chi connectivity index (χ4v) is 5.11. The topological polar surface area (TPSA) is 46.6 Å². The molecule has 0 amide bonds. The standard InChI is InChI=1S/C20H24FNO3S/c1-15-4-8-17(9-5-15)19-12-22(20(2,3)14-25-19)26(23,24)13-16-6-10-18(21)11-7-16/h4-11,19H,12-14H2,1-3H3. The molecule has 3 rings (SSSR count). The van der Waals surface area contributed by atoms with Crippen molar-refractivity contribution in [2.45, 2.75) is 38.2 Å². The molecule has 1 atom stereocenters. The summed E-state index contributed by atoms with van der Waals surface area (Å²) in [6, 6.07) is 13.5. The number of aryl methyl sites for hydroxylation is 1. The van der Waals surface area contributed by atoms with E-state index in [1.54, 1.807) is 0 Å². The second-order valence-electron chi connectivity index (χ2n) is 7.44. The van der Waals surface area contributed by atoms with Crippen LogP contribution in [0.4, 0.5) is 4.39 Å². The lowest BCUT2D eigenvalue weighted by atomic mass is 10.0. The van der Waals surface area contributed by atoms with Crippen molar-refractivity contribution in [3.8, 4) is 0 Å². The molecule has 1 aliphatic rings. The van der Waals surface area contributed by atoms with Crippen molar-refractivity contribution in [2.75, 3.05) is 13.2 Å². The third-order valence-corrected chi connectivity index (χ3v) is 6.70. The normalized spacial score (nSPS) is 20.8. The highest BCUT2D eigenvalue weighted by Gasteiger charge is 2.42. The van der Waals surface area contributed by atoms with Crippen molar-refractivity contribution in [3.63, 3.8) is 0 Å². The lowest BCUT2D eigenvalue weighted by molar-refractivity contribution is -0.0655. The number of hydrogen-bond donors (Lipinski definition) is 0. The van der Waals surface area contributed by atoms with Crippen molar-refractivity contribution < 1.29 is 17.5 Å². The lowest BCUT2D eigenvalue weighted by Crippen LogP contribution is -2.56. The largest absolute Gasteiger partial charge is 0.370 e. The van der Waals surface area contributed by atoms with Gasteiger partial charge in [0.1, 0.15) is 5.82 Å². The van der Waals surface area contributed by atoms with Crippen LogP contribution < -0.4 is 0 Å². The number of sulfonamides is 1. The number of benzene rings is 2. The molecule has 4 nitrogen and oxygen atoms in total. The smallest absolute Gasteiger partial charge is 0.218 e. The Hall–Kier alpha value is -1.76. The highest BCUT2D eigenvalue weighted by Crippen LogP contribution is 2.33. The van der Waals surface area contributed by atoms with Gasteiger partial charge in [-0.25, -0.2) is 12.8 Å². The van der Waals surface area contributed by atoms with Gasteiger partial charge in [-0.05, 0) is 44.0 Å². The summed E-state index contributed by atoms with van der Waals surface area (Å²) in [5.41, 5.74) is 2.04. The van der Waals surface area contributed by atoms with Crippen LogP contribution >= 0.6 is 0 Å². The molecule has 1 fully saturated rings. The number of rotatable bonds is 4. The van der Waals surface area contributed by atoms with Crippen LogP contribution in [0.2, 0.25) is 0 Å². The molecule has 0 bridgehead atoms. The van der Waals surface area contributed by atoms with Crippen molar-refractivity contribution in [3.05, 3.63) is 71.0 Å². The van der Waals surface area contributed by atoms with Gasteiger partial charge in [-0.3, -0.25) is 0 Å². The van der Waals surface area contributed by atoms with Gasteiger partial charge >= 0.3 is 0 Å². The molecule has 1 heterocycles. The fraction of sp³-hybridized carbons (Fsp3) is 0.400. The molecule has 1 unspecified atom stereocenters. The minimum absolute atomic E-state index is 0.155. The van der Waals surface area contributed by atoms with Gasteiger partial charge in [-0.1, -0.05) is 42.0 Å². The Labute approximate surface area is 154 Å². The van der Waals surface area contributed by atoms with E-state index < -0.39 is 15.6 Å². The summed E-state index contributed by atoms with van der Waals surface area (Å²) >= 11 is 0. The van der Waals surface area contributed by atoms with E-state index in [1.165, 1.54) is 28.6 Å². The summed E-state index contributed by atoms with van der Waals surface area (Å²) in [6.07, 6.45) is -0.299. The van der Waals surface area contributed by atoms with Gasteiger partial charge in [0.05, 0.1) is 24.0 Å². The molecular formula is C20H24FNO3S. The Bertz CT molecular complexity index is 861. The van der Waals surface area contributed by atoms with Gasteiger partial charge in [0.2, 0.25) is 10.0 Å². The van der Waals surface area contributed by atoms with Crippen molar-refractivity contribution in [1.82, 2.24) is 4.31 Å². The van der Waals surface area contributed by atoms with Gasteiger partial charge < -0.3 is 4.74 Å². The van der Waals surface area contributed by atoms with E-state index in [-0.39, 0.29) is 24.2 Å². The predicted octanol–water partition coefficient (Wildman–Crippen LogP) is 3.82. The van der Waals surface area contributed by atoms with Crippen LogP contribution in [0.15, 0.2) is 48.5 Å². The number of ether oxygens (including phenoxy) is 1. The van der Waals surface area contributed by atoms with Crippen LogP contribution in [0.3, 0.4) is 0 Å². The quantitative estimate of drug-likeness (QED) is 0.814. The van der Waals surface area contributed by atoms with E-state index in [4.69, 9.17) is 4.74 Å². The van der Waals surface area contributed by atoms with E-state index in [1.807, 2.05) is 45.0 Å². The first-order valence-electron chi connectivity index (χ1n) is 8.60. The molecule has 2 aromatic rings. The van der Waals surface area contributed by atoms with Crippen LogP contribution in [0.25, 0.3) is 0 Å². The maximum atomic E-state index is 13.1. The zero-order valence-corrected chi connectivity index (χ0v) is 16.1. The molecule has 0 N–H and O–H groups in total. The summed E-state index contributed by atoms with van der Waals surface area (Å²) in [5, 5.41) is 0. The van der Waals surface area contributed by atoms with Crippen LogP contribution in [0, 0.1) is 12.7 Å². The zero-order chi connectivity index (χ0) is 18.9. The van der Waals surface area contributed by atoms with Crippen molar-refractivity contribution in [2.24, 2.45) is 0 Å². The Morgan fingerprint density at radius 3 is 2.35 bits per heavy atom. The molecule has 0 radical (unpaired) electrons. The Balaban J connectivity index is 1.84. The molecular weight excluding hydrogens is 353 g/mol. The summed E-state index contributed by atoms with van der Waals surface area (Å²) in [5.74, 6) is -0.533. The van der Waals surface area contributed by atoms with Gasteiger partial charge in [0, 0.05) is 6.54 Å². The first-order valence-corrected chi connectivity index (χ1v) is 10.2. The average Bonchev–Trinajstić information content (AvgIpc) is 2.57. The van der Waals surface area contributed by atoms with Crippen LogP contribution in [0.1, 0.15) is 36.6 Å². The Kier molecular flexibility index (Phi) is 5.19. The molecule has 0 saturated carbocycles. The molecule has 1 saturated heterocycles. The molecule has 0 aromatic heterocycles. The van der Waals surface area contributed by atoms with Crippen LogP contribution in [-0.2, 0) is 20.5 Å². The highest BCUT2D eigenvalue weighted by atomic mass is 32.2. The Morgan fingerprint density at radius 1 is 1.12 bits per heavy atom. The third-order valence-electron chi connectivity index (χ3n) is 4.69. The fourth-order valence-electron chi connectivity index (χ4n) is 3.17. The predicted molar refractivity (Wildman–Crippen MR) is 99.7 cm³/mol. The van der Waals surface area contributed by atoms with Crippen LogP contribution in [0.5, 0.6) is 0 Å². The molecule has 2 aromatic carbocycles. The molecule has 1 aliphatic heterocycles. The average molecular weight is 377 g/mol. The lowest BCUT2D eigenvalue weighted by Gasteiger charge is -2.44. The van der Waals surface area contributed by atoms with Gasteiger partial charge in [0.15, 0.2) is 0 Å². The molecule has 6 heteroatoms. The second-order valence-corrected chi connectivity index (χ2v) is 9.33. The molecule has 140 valence electrons. The molecule has 26 heavy (non-hydrogen) atoms. The molecule has 0 spiro atoms. The maximum absolute atomic E-state index is 13.1. The maximum Gasteiger partial charge on any atom is 0.218 e. The van der Waals surface area contributed by atoms with Crippen LogP contribution in [-0.4, -0.2) is 31.4 Å². The molecule has 0 aliphatic carbocycles. The Morgan fingerprint density at radius 2 is 1.73 bits per heavy atom. The van der Waals surface area contributed by atoms with Crippen molar-refractivity contribution >= 4 is 10.0 Å². The minimum Gasteiger partial charge on any atom is -0.370 e. The van der Waals surface area contributed by atoms with E-state index >= 15 is 0 Å². The van der Waals surface area contributed by atoms with Gasteiger partial charge in [-0.2, -0.15) is 4.31 Å². The third kappa shape index (κ3) is 4.14. The number of morpholine rings is 1. The van der Waals surface area contributed by atoms with E-state index in [0.717, 1.165) is 11.1 Å². The van der Waals surface area contributed by atoms with E-state index in [2.05, 4.69) is 0 Å². The highest BCUT2D eigenvalue weighted by molar-refractivity contribution is 7.88. The first kappa shape index (κ1) is 19.0. The zero-order valence-electron chi connectivity index (χ0n) is 15.3. The van der Waals surface area contributed by atoms with Gasteiger partial charge in [0.25, 0.3) is 0 Å². The number of nitrogens with zero attached hydrogens (tertiary/aromatic N) is 1. The van der Waals surface area contributed by atoms with Gasteiger partial charge in [-0.15, -0.1) is 0 Å². The summed E-state index contributed by atoms with van der Waals surface area (Å²) < 4.78 is 46.7. The van der Waals surface area contributed by atoms with E-state index in [9.17, 15) is 12.8 Å². The summed E-state index contributed by atoms with van der Waals surface area (Å²) in [6.45, 7) is 6.31. The SMILES string of the molecule is Cc1ccc(C2CN(S(=O)(=O)Cc3ccc(F)cc3)C(C)(C)CO2)cc1. The second kappa shape index (κ2) is 7.10. The monoisotopic (exact) mass is 377 g/mol. The number of halogens is 1. The minimum atomic E-state index is -3.58. The number of hydrogen-bond acceptors (Lipinski definition) is 3. The first-order chi connectivity index (χ1) is 12.2. The van der Waals surface area contributed by atoms with Crippen molar-refractivity contribution in [1.29, 1.82) is 0 Å². The summed E-state index contributed by atoms with van der Waals surface area (Å²) in [4.78, 5) is 0. The van der Waals surface area contributed by atoms with E-state index in [0.29, 0.717) is 12.2 Å². The summed E-state index contributed by atoms with van der Waals surface area (Å²) in [7, 11) is -3.58.